The van der Waals surface area contributed by atoms with Crippen molar-refractivity contribution >= 4 is 28.6 Å². The average molecular weight is 424 g/mol. The van der Waals surface area contributed by atoms with E-state index in [-0.39, 0.29) is 11.7 Å². The van der Waals surface area contributed by atoms with Gasteiger partial charge in [0.2, 0.25) is 5.44 Å². The number of amides is 1. The van der Waals surface area contributed by atoms with E-state index < -0.39 is 16.8 Å². The highest BCUT2D eigenvalue weighted by Gasteiger charge is 2.30. The van der Waals surface area contributed by atoms with Crippen LogP contribution in [0.3, 0.4) is 0 Å². The van der Waals surface area contributed by atoms with Gasteiger partial charge in [0.15, 0.2) is 11.6 Å². The van der Waals surface area contributed by atoms with Crippen LogP contribution in [0.2, 0.25) is 0 Å². The fraction of sp³-hybridized carbons (Fsp3) is 0.261. The molecule has 0 aliphatic heterocycles. The molecule has 2 heterocycles. The quantitative estimate of drug-likeness (QED) is 0.476. The minimum atomic E-state index is -0.954. The highest BCUT2D eigenvalue weighted by Crippen LogP contribution is 2.27. The molecule has 0 saturated carbocycles. The molecule has 0 fully saturated rings. The average Bonchev–Trinajstić information content (AvgIpc) is 2.71. The van der Waals surface area contributed by atoms with Crippen LogP contribution in [0.25, 0.3) is 10.9 Å². The second kappa shape index (κ2) is 8.72. The van der Waals surface area contributed by atoms with Gasteiger partial charge < -0.3 is 10.1 Å². The molecule has 154 valence electrons. The molecule has 30 heavy (non-hydrogen) atoms. The summed E-state index contributed by atoms with van der Waals surface area (Å²) in [5, 5.41) is 3.57. The molecule has 5 nitrogen and oxygen atoms in total. The number of rotatable bonds is 6. The first kappa shape index (κ1) is 21.6. The number of nitrogens with zero attached hydrogens (tertiary/aromatic N) is 2. The summed E-state index contributed by atoms with van der Waals surface area (Å²) in [5.74, 6) is 1.47. The number of fused-ring (bicyclic) bond motifs is 1. The number of nitrogens with one attached hydrogen (secondary N) is 1. The molecule has 1 amide bonds. The third kappa shape index (κ3) is 4.71. The molecular weight excluding hydrogens is 401 g/mol. The molecule has 1 N–H and O–H groups in total. The largest absolute Gasteiger partial charge is 0.467 e. The lowest BCUT2D eigenvalue weighted by atomic mass is 9.99. The Morgan fingerprint density at radius 2 is 2.10 bits per heavy atom. The first-order chi connectivity index (χ1) is 14.2. The van der Waals surface area contributed by atoms with Crippen LogP contribution in [-0.4, -0.2) is 27.6 Å². The lowest BCUT2D eigenvalue weighted by Gasteiger charge is -2.28. The number of carbonyl (C=O) groups is 1. The zero-order valence-electron chi connectivity index (χ0n) is 17.2. The lowest BCUT2D eigenvalue weighted by molar-refractivity contribution is -0.126. The van der Waals surface area contributed by atoms with Crippen LogP contribution < -0.4 is 10.1 Å². The summed E-state index contributed by atoms with van der Waals surface area (Å²) in [4.78, 5) is 21.5. The summed E-state index contributed by atoms with van der Waals surface area (Å²) in [7, 11) is 0. The van der Waals surface area contributed by atoms with Crippen LogP contribution in [0.5, 0.6) is 5.75 Å². The van der Waals surface area contributed by atoms with Crippen molar-refractivity contribution in [2.45, 2.75) is 31.7 Å². The smallest absolute Gasteiger partial charge is 0.272 e. The molecule has 0 saturated heterocycles. The molecule has 0 bridgehead atoms. The fourth-order valence-corrected chi connectivity index (χ4v) is 3.42. The van der Waals surface area contributed by atoms with Gasteiger partial charge >= 0.3 is 0 Å². The maximum absolute atomic E-state index is 14.6. The standard InChI is InChI=1S/C23H22FN3O2S/c1-6-15-10-16-11-19(17(24)12-18(16)25-13-15)29-22(30-5)21(28)27-23(3,4)20-9-7-8-14(2)26-20/h1,7-13,22H,2-5H3,(H,27,28). The molecule has 3 aromatic rings. The van der Waals surface area contributed by atoms with Gasteiger partial charge in [-0.1, -0.05) is 12.0 Å². The zero-order valence-corrected chi connectivity index (χ0v) is 18.0. The number of ether oxygens (including phenoxy) is 1. The second-order valence-corrected chi connectivity index (χ2v) is 8.21. The van der Waals surface area contributed by atoms with Gasteiger partial charge in [-0.25, -0.2) is 4.39 Å². The van der Waals surface area contributed by atoms with Crippen molar-refractivity contribution in [3.05, 3.63) is 65.4 Å². The van der Waals surface area contributed by atoms with Gasteiger partial charge in [0.1, 0.15) is 0 Å². The third-order valence-corrected chi connectivity index (χ3v) is 5.27. The third-order valence-electron chi connectivity index (χ3n) is 4.53. The van der Waals surface area contributed by atoms with Crippen LogP contribution in [0, 0.1) is 25.1 Å². The van der Waals surface area contributed by atoms with Gasteiger partial charge in [0.05, 0.1) is 16.7 Å². The summed E-state index contributed by atoms with van der Waals surface area (Å²) in [6, 6.07) is 10.1. The fourth-order valence-electron chi connectivity index (χ4n) is 2.95. The lowest BCUT2D eigenvalue weighted by Crippen LogP contribution is -2.47. The Bertz CT molecular complexity index is 1140. The second-order valence-electron chi connectivity index (χ2n) is 7.31. The molecule has 1 aromatic carbocycles. The Morgan fingerprint density at radius 1 is 1.33 bits per heavy atom. The van der Waals surface area contributed by atoms with Crippen molar-refractivity contribution in [2.24, 2.45) is 0 Å². The van der Waals surface area contributed by atoms with Crippen molar-refractivity contribution in [3.8, 4) is 18.1 Å². The van der Waals surface area contributed by atoms with E-state index in [4.69, 9.17) is 11.2 Å². The number of terminal acetylenes is 1. The number of aromatic nitrogens is 2. The number of hydrogen-bond donors (Lipinski definition) is 1. The Kier molecular flexibility index (Phi) is 6.28. The molecule has 7 heteroatoms. The Hall–Kier alpha value is -3.11. The van der Waals surface area contributed by atoms with Crippen molar-refractivity contribution in [3.63, 3.8) is 0 Å². The van der Waals surface area contributed by atoms with E-state index in [2.05, 4.69) is 21.2 Å². The van der Waals surface area contributed by atoms with E-state index in [1.165, 1.54) is 18.3 Å². The number of pyridine rings is 2. The number of carbonyl (C=O) groups excluding carboxylic acids is 1. The Balaban J connectivity index is 1.83. The van der Waals surface area contributed by atoms with Crippen molar-refractivity contribution < 1.29 is 13.9 Å². The van der Waals surface area contributed by atoms with Gasteiger partial charge in [0.25, 0.3) is 5.91 Å². The van der Waals surface area contributed by atoms with E-state index in [1.807, 2.05) is 39.0 Å². The summed E-state index contributed by atoms with van der Waals surface area (Å²) < 4.78 is 20.3. The normalized spacial score (nSPS) is 12.3. The summed E-state index contributed by atoms with van der Waals surface area (Å²) in [6.07, 6.45) is 8.63. The van der Waals surface area contributed by atoms with Gasteiger partial charge in [-0.05, 0) is 51.3 Å². The van der Waals surface area contributed by atoms with Crippen molar-refractivity contribution in [1.29, 1.82) is 0 Å². The number of aryl methyl sites for hydroxylation is 1. The number of halogens is 1. The molecule has 2 aromatic heterocycles. The minimum absolute atomic E-state index is 0.0422. The Morgan fingerprint density at radius 3 is 2.77 bits per heavy atom. The number of benzene rings is 1. The van der Waals surface area contributed by atoms with Crippen LogP contribution in [0.1, 0.15) is 30.8 Å². The minimum Gasteiger partial charge on any atom is -0.467 e. The predicted octanol–water partition coefficient (Wildman–Crippen LogP) is 4.18. The molecular formula is C23H22FN3O2S. The molecule has 0 aliphatic rings. The first-order valence-corrected chi connectivity index (χ1v) is 10.5. The van der Waals surface area contributed by atoms with Crippen LogP contribution in [-0.2, 0) is 10.3 Å². The van der Waals surface area contributed by atoms with Crippen molar-refractivity contribution in [1.82, 2.24) is 15.3 Å². The molecule has 0 radical (unpaired) electrons. The molecule has 0 spiro atoms. The zero-order chi connectivity index (χ0) is 21.9. The summed E-state index contributed by atoms with van der Waals surface area (Å²) in [5.41, 5.74) is 0.923. The highest BCUT2D eigenvalue weighted by atomic mass is 32.2. The van der Waals surface area contributed by atoms with Gasteiger partial charge in [-0.3, -0.25) is 14.8 Å². The topological polar surface area (TPSA) is 64.1 Å². The number of hydrogen-bond acceptors (Lipinski definition) is 5. The molecule has 0 aliphatic carbocycles. The van der Waals surface area contributed by atoms with E-state index >= 15 is 0 Å². The maximum Gasteiger partial charge on any atom is 0.272 e. The van der Waals surface area contributed by atoms with E-state index in [9.17, 15) is 9.18 Å². The van der Waals surface area contributed by atoms with Crippen LogP contribution in [0.15, 0.2) is 42.6 Å². The van der Waals surface area contributed by atoms with Crippen molar-refractivity contribution in [2.75, 3.05) is 6.26 Å². The van der Waals surface area contributed by atoms with Crippen LogP contribution >= 0.6 is 11.8 Å². The van der Waals surface area contributed by atoms with Gasteiger partial charge in [0, 0.05) is 28.9 Å². The van der Waals surface area contributed by atoms with Crippen LogP contribution in [0.4, 0.5) is 4.39 Å². The Labute approximate surface area is 179 Å². The van der Waals surface area contributed by atoms with E-state index in [0.717, 1.165) is 23.1 Å². The number of thioether (sulfide) groups is 1. The molecule has 1 atom stereocenters. The van der Waals surface area contributed by atoms with Gasteiger partial charge in [-0.2, -0.15) is 0 Å². The van der Waals surface area contributed by atoms with E-state index in [0.29, 0.717) is 16.5 Å². The highest BCUT2D eigenvalue weighted by molar-refractivity contribution is 7.99. The maximum atomic E-state index is 14.6. The SMILES string of the molecule is C#Cc1cnc2cc(F)c(OC(SC)C(=O)NC(C)(C)c3cccc(C)n3)cc2c1. The molecule has 1 unspecified atom stereocenters. The van der Waals surface area contributed by atoms with Gasteiger partial charge in [-0.15, -0.1) is 18.2 Å². The predicted molar refractivity (Wildman–Crippen MR) is 118 cm³/mol. The summed E-state index contributed by atoms with van der Waals surface area (Å²) >= 11 is 1.16. The monoisotopic (exact) mass is 423 g/mol. The molecule has 3 rings (SSSR count). The van der Waals surface area contributed by atoms with E-state index in [1.54, 1.807) is 12.3 Å². The first-order valence-electron chi connectivity index (χ1n) is 9.25. The summed E-state index contributed by atoms with van der Waals surface area (Å²) in [6.45, 7) is 5.60.